The van der Waals surface area contributed by atoms with Crippen molar-refractivity contribution in [3.63, 3.8) is 0 Å². The number of aromatic nitrogens is 2. The topological polar surface area (TPSA) is 58.6 Å². The van der Waals surface area contributed by atoms with E-state index < -0.39 is 11.6 Å². The fourth-order valence-electron chi connectivity index (χ4n) is 5.37. The molecule has 9 heteroatoms. The van der Waals surface area contributed by atoms with Crippen molar-refractivity contribution in [1.82, 2.24) is 14.9 Å². The maximum Gasteiger partial charge on any atom is 0.219 e. The maximum absolute atomic E-state index is 15.1. The van der Waals surface area contributed by atoms with Gasteiger partial charge in [0.1, 0.15) is 23.9 Å². The van der Waals surface area contributed by atoms with Gasteiger partial charge in [0.05, 0.1) is 18.4 Å². The molecule has 2 aromatic carbocycles. The van der Waals surface area contributed by atoms with E-state index in [0.717, 1.165) is 19.0 Å². The monoisotopic (exact) mass is 524 g/mol. The van der Waals surface area contributed by atoms with Crippen LogP contribution in [0.1, 0.15) is 56.5 Å². The Balaban J connectivity index is 1.38. The standard InChI is InChI=1S/C29H31F3N4O2/c1-17(2)36-10-11-38-29-24(31)14-21(15-26(29)36)28-25(32)16-33-27(34-28)13-19-4-5-22(23(30)12-19)20-6-8-35(9-7-20)18(3)37/h4-5,12,14-17,20H,6-11,13H2,1-3H3. The lowest BCUT2D eigenvalue weighted by Gasteiger charge is -2.34. The van der Waals surface area contributed by atoms with Crippen LogP contribution in [0.25, 0.3) is 11.3 Å². The lowest BCUT2D eigenvalue weighted by Crippen LogP contribution is -2.38. The molecule has 1 saturated heterocycles. The second-order valence-corrected chi connectivity index (χ2v) is 10.2. The average molecular weight is 525 g/mol. The van der Waals surface area contributed by atoms with Crippen LogP contribution in [0.2, 0.25) is 0 Å². The highest BCUT2D eigenvalue weighted by Crippen LogP contribution is 2.39. The molecule has 1 aromatic heterocycles. The SMILES string of the molecule is CC(=O)N1CCC(c2ccc(Cc3ncc(F)c(-c4cc(F)c5c(c4)N(C(C)C)CCO5)n3)cc2F)CC1. The highest BCUT2D eigenvalue weighted by molar-refractivity contribution is 5.73. The summed E-state index contributed by atoms with van der Waals surface area (Å²) < 4.78 is 50.4. The van der Waals surface area contributed by atoms with Crippen molar-refractivity contribution in [2.24, 2.45) is 0 Å². The van der Waals surface area contributed by atoms with Crippen molar-refractivity contribution in [1.29, 1.82) is 0 Å². The van der Waals surface area contributed by atoms with Gasteiger partial charge in [0.15, 0.2) is 17.4 Å². The van der Waals surface area contributed by atoms with Crippen LogP contribution in [0.5, 0.6) is 5.75 Å². The van der Waals surface area contributed by atoms with Crippen molar-refractivity contribution in [3.05, 3.63) is 70.9 Å². The molecule has 0 unspecified atom stereocenters. The fraction of sp³-hybridized carbons (Fsp3) is 0.414. The van der Waals surface area contributed by atoms with Gasteiger partial charge >= 0.3 is 0 Å². The summed E-state index contributed by atoms with van der Waals surface area (Å²) in [5.74, 6) is -0.988. The summed E-state index contributed by atoms with van der Waals surface area (Å²) in [5.41, 5.74) is 2.13. The van der Waals surface area contributed by atoms with Gasteiger partial charge in [-0.1, -0.05) is 12.1 Å². The highest BCUT2D eigenvalue weighted by Gasteiger charge is 2.26. The van der Waals surface area contributed by atoms with Gasteiger partial charge in [0.25, 0.3) is 0 Å². The number of hydrogen-bond acceptors (Lipinski definition) is 5. The molecule has 200 valence electrons. The van der Waals surface area contributed by atoms with Gasteiger partial charge in [-0.25, -0.2) is 23.1 Å². The molecule has 0 saturated carbocycles. The minimum Gasteiger partial charge on any atom is -0.486 e. The van der Waals surface area contributed by atoms with Crippen LogP contribution in [0.3, 0.4) is 0 Å². The van der Waals surface area contributed by atoms with Gasteiger partial charge in [-0.3, -0.25) is 4.79 Å². The largest absolute Gasteiger partial charge is 0.486 e. The minimum atomic E-state index is -0.667. The molecule has 5 rings (SSSR count). The van der Waals surface area contributed by atoms with Crippen LogP contribution in [0.4, 0.5) is 18.9 Å². The van der Waals surface area contributed by atoms with Crippen molar-refractivity contribution in [2.75, 3.05) is 31.1 Å². The van der Waals surface area contributed by atoms with E-state index in [0.29, 0.717) is 48.9 Å². The molecule has 2 aliphatic heterocycles. The van der Waals surface area contributed by atoms with E-state index in [1.807, 2.05) is 24.8 Å². The Hall–Kier alpha value is -3.62. The molecule has 0 radical (unpaired) electrons. The zero-order chi connectivity index (χ0) is 27.0. The number of hydrogen-bond donors (Lipinski definition) is 0. The number of piperidine rings is 1. The molecular formula is C29H31F3N4O2. The highest BCUT2D eigenvalue weighted by atomic mass is 19.1. The molecule has 2 aliphatic rings. The van der Waals surface area contributed by atoms with E-state index in [1.165, 1.54) is 12.1 Å². The van der Waals surface area contributed by atoms with E-state index in [2.05, 4.69) is 9.97 Å². The first kappa shape index (κ1) is 26.0. The lowest BCUT2D eigenvalue weighted by molar-refractivity contribution is -0.129. The Morgan fingerprint density at radius 1 is 1.05 bits per heavy atom. The quantitative estimate of drug-likeness (QED) is 0.442. The number of carbonyl (C=O) groups excluding carboxylic acids is 1. The van der Waals surface area contributed by atoms with Crippen molar-refractivity contribution in [2.45, 2.75) is 52.0 Å². The summed E-state index contributed by atoms with van der Waals surface area (Å²) in [6.07, 6.45) is 2.70. The number of ether oxygens (including phenoxy) is 1. The normalized spacial score (nSPS) is 16.0. The number of likely N-dealkylation sites (tertiary alicyclic amines) is 1. The number of nitrogens with zero attached hydrogens (tertiary/aromatic N) is 4. The zero-order valence-electron chi connectivity index (χ0n) is 21.8. The smallest absolute Gasteiger partial charge is 0.219 e. The minimum absolute atomic E-state index is 0.0136. The second kappa shape index (κ2) is 10.6. The number of amides is 1. The number of fused-ring (bicyclic) bond motifs is 1. The Labute approximate surface area is 220 Å². The zero-order valence-corrected chi connectivity index (χ0v) is 21.8. The lowest BCUT2D eigenvalue weighted by atomic mass is 9.88. The Bertz CT molecular complexity index is 1360. The maximum atomic E-state index is 15.1. The third kappa shape index (κ3) is 5.19. The molecule has 0 spiro atoms. The Morgan fingerprint density at radius 3 is 2.50 bits per heavy atom. The van der Waals surface area contributed by atoms with E-state index >= 15 is 4.39 Å². The van der Waals surface area contributed by atoms with E-state index in [-0.39, 0.29) is 47.1 Å². The molecule has 1 amide bonds. The molecular weight excluding hydrogens is 493 g/mol. The number of benzene rings is 2. The first-order valence-corrected chi connectivity index (χ1v) is 13.0. The number of anilines is 1. The van der Waals surface area contributed by atoms with E-state index in [1.54, 1.807) is 24.0 Å². The van der Waals surface area contributed by atoms with Crippen LogP contribution in [-0.2, 0) is 11.2 Å². The first-order chi connectivity index (χ1) is 18.2. The third-order valence-electron chi connectivity index (χ3n) is 7.41. The predicted octanol–water partition coefficient (Wildman–Crippen LogP) is 5.48. The average Bonchev–Trinajstić information content (AvgIpc) is 2.89. The predicted molar refractivity (Wildman–Crippen MR) is 139 cm³/mol. The summed E-state index contributed by atoms with van der Waals surface area (Å²) in [5, 5.41) is 0. The molecule has 0 N–H and O–H groups in total. The van der Waals surface area contributed by atoms with Crippen LogP contribution < -0.4 is 9.64 Å². The number of halogens is 3. The molecule has 0 bridgehead atoms. The Kier molecular flexibility index (Phi) is 7.27. The van der Waals surface area contributed by atoms with Crippen molar-refractivity contribution < 1.29 is 22.7 Å². The van der Waals surface area contributed by atoms with E-state index in [4.69, 9.17) is 4.74 Å². The van der Waals surface area contributed by atoms with Gasteiger partial charge in [0.2, 0.25) is 5.91 Å². The fourth-order valence-corrected chi connectivity index (χ4v) is 5.37. The van der Waals surface area contributed by atoms with Gasteiger partial charge < -0.3 is 14.5 Å². The second-order valence-electron chi connectivity index (χ2n) is 10.2. The first-order valence-electron chi connectivity index (χ1n) is 13.0. The molecule has 3 aromatic rings. The summed E-state index contributed by atoms with van der Waals surface area (Å²) in [4.78, 5) is 23.9. The molecule has 3 heterocycles. The van der Waals surface area contributed by atoms with Gasteiger partial charge in [-0.2, -0.15) is 0 Å². The summed E-state index contributed by atoms with van der Waals surface area (Å²) in [7, 11) is 0. The molecule has 0 atom stereocenters. The van der Waals surface area contributed by atoms with Crippen LogP contribution >= 0.6 is 0 Å². The number of rotatable bonds is 5. The summed E-state index contributed by atoms with van der Waals surface area (Å²) >= 11 is 0. The van der Waals surface area contributed by atoms with Crippen LogP contribution in [0.15, 0.2) is 36.5 Å². The molecule has 6 nitrogen and oxygen atoms in total. The molecule has 38 heavy (non-hydrogen) atoms. The summed E-state index contributed by atoms with van der Waals surface area (Å²) in [6, 6.07) is 8.11. The summed E-state index contributed by atoms with van der Waals surface area (Å²) in [6.45, 7) is 7.78. The van der Waals surface area contributed by atoms with Crippen molar-refractivity contribution >= 4 is 11.6 Å². The van der Waals surface area contributed by atoms with E-state index in [9.17, 15) is 13.6 Å². The van der Waals surface area contributed by atoms with Gasteiger partial charge in [-0.05, 0) is 61.9 Å². The number of carbonyl (C=O) groups is 1. The van der Waals surface area contributed by atoms with Crippen molar-refractivity contribution in [3.8, 4) is 17.0 Å². The van der Waals surface area contributed by atoms with Gasteiger partial charge in [0, 0.05) is 38.0 Å². The van der Waals surface area contributed by atoms with Gasteiger partial charge in [-0.15, -0.1) is 0 Å². The van der Waals surface area contributed by atoms with Crippen LogP contribution in [-0.4, -0.2) is 53.1 Å². The Morgan fingerprint density at radius 2 is 1.82 bits per heavy atom. The third-order valence-corrected chi connectivity index (χ3v) is 7.41. The molecule has 0 aliphatic carbocycles. The van der Waals surface area contributed by atoms with Crippen LogP contribution in [0, 0.1) is 17.5 Å². The molecule has 1 fully saturated rings.